The Morgan fingerprint density at radius 1 is 1.26 bits per heavy atom. The van der Waals surface area contributed by atoms with Crippen molar-refractivity contribution in [3.63, 3.8) is 0 Å². The topological polar surface area (TPSA) is 102 Å². The quantitative estimate of drug-likeness (QED) is 0.553. The van der Waals surface area contributed by atoms with E-state index in [1.165, 1.54) is 67.8 Å². The highest BCUT2D eigenvalue weighted by molar-refractivity contribution is 7.90. The van der Waals surface area contributed by atoms with Crippen molar-refractivity contribution in [2.75, 3.05) is 7.05 Å². The Bertz CT molecular complexity index is 1280. The Morgan fingerprint density at radius 2 is 1.97 bits per heavy atom. The van der Waals surface area contributed by atoms with E-state index in [2.05, 4.69) is 4.98 Å². The van der Waals surface area contributed by atoms with Crippen molar-refractivity contribution >= 4 is 16.1 Å². The van der Waals surface area contributed by atoms with Gasteiger partial charge in [-0.2, -0.15) is 0 Å². The van der Waals surface area contributed by atoms with E-state index in [0.29, 0.717) is 5.56 Å². The maximum absolute atomic E-state index is 15.3. The molecule has 0 saturated heterocycles. The van der Waals surface area contributed by atoms with E-state index < -0.39 is 33.6 Å². The van der Waals surface area contributed by atoms with Gasteiger partial charge < -0.3 is 14.7 Å². The van der Waals surface area contributed by atoms with Crippen LogP contribution in [0.5, 0.6) is 0 Å². The Kier molecular flexibility index (Phi) is 7.13. The number of carbonyl (C=O) groups is 1. The lowest BCUT2D eigenvalue weighted by molar-refractivity contribution is 0.0285. The molecule has 0 spiro atoms. The molecule has 3 aromatic rings. The molecule has 0 saturated carbocycles. The second-order valence-electron chi connectivity index (χ2n) is 8.94. The average Bonchev–Trinajstić information content (AvgIpc) is 3.17. The lowest BCUT2D eigenvalue weighted by Crippen LogP contribution is -2.33. The molecular formula is C24H28FN3O5S. The third-order valence-corrected chi connectivity index (χ3v) is 6.57. The highest BCUT2D eigenvalue weighted by Gasteiger charge is 2.26. The highest BCUT2D eigenvalue weighted by atomic mass is 32.2. The fourth-order valence-corrected chi connectivity index (χ4v) is 4.70. The van der Waals surface area contributed by atoms with E-state index in [-0.39, 0.29) is 28.3 Å². The predicted molar refractivity (Wildman–Crippen MR) is 125 cm³/mol. The number of halogens is 1. The van der Waals surface area contributed by atoms with E-state index in [1.807, 2.05) is 0 Å². The molecule has 0 fully saturated rings. The molecule has 34 heavy (non-hydrogen) atoms. The lowest BCUT2D eigenvalue weighted by Gasteiger charge is -2.24. The Morgan fingerprint density at radius 3 is 2.56 bits per heavy atom. The summed E-state index contributed by atoms with van der Waals surface area (Å²) >= 11 is 0. The molecule has 0 aliphatic carbocycles. The zero-order valence-corrected chi connectivity index (χ0v) is 20.5. The lowest BCUT2D eigenvalue weighted by atomic mass is 10.0. The van der Waals surface area contributed by atoms with E-state index in [1.54, 1.807) is 26.8 Å². The molecule has 0 bridgehead atoms. The first-order valence-electron chi connectivity index (χ1n) is 10.6. The van der Waals surface area contributed by atoms with Crippen LogP contribution >= 0.6 is 0 Å². The molecule has 0 aliphatic heterocycles. The smallest absolute Gasteiger partial charge is 0.410 e. The maximum atomic E-state index is 15.3. The zero-order valence-electron chi connectivity index (χ0n) is 19.7. The second kappa shape index (κ2) is 9.55. The normalized spacial score (nSPS) is 12.9. The van der Waals surface area contributed by atoms with E-state index in [4.69, 9.17) is 4.74 Å². The molecule has 3 rings (SSSR count). The van der Waals surface area contributed by atoms with E-state index >= 15 is 4.39 Å². The Balaban J connectivity index is 2.13. The summed E-state index contributed by atoms with van der Waals surface area (Å²) < 4.78 is 48.5. The highest BCUT2D eigenvalue weighted by Crippen LogP contribution is 2.32. The van der Waals surface area contributed by atoms with E-state index in [0.717, 1.165) is 3.97 Å². The molecule has 2 heterocycles. The number of ether oxygens (including phenoxy) is 1. The maximum Gasteiger partial charge on any atom is 0.410 e. The van der Waals surface area contributed by atoms with Gasteiger partial charge in [-0.3, -0.25) is 4.98 Å². The summed E-state index contributed by atoms with van der Waals surface area (Å²) in [5.74, 6) is -0.731. The fraction of sp³-hybridized carbons (Fsp3) is 0.333. The third kappa shape index (κ3) is 5.45. The number of nitrogens with zero attached hydrogens (tertiary/aromatic N) is 3. The molecular weight excluding hydrogens is 461 g/mol. The van der Waals surface area contributed by atoms with Crippen molar-refractivity contribution in [3.05, 3.63) is 71.9 Å². The van der Waals surface area contributed by atoms with Crippen LogP contribution in [0.4, 0.5) is 9.18 Å². The van der Waals surface area contributed by atoms with Gasteiger partial charge in [0.05, 0.1) is 18.3 Å². The molecule has 10 heteroatoms. The molecule has 1 atom stereocenters. The van der Waals surface area contributed by atoms with Crippen LogP contribution in [0.25, 0.3) is 11.3 Å². The minimum Gasteiger partial charge on any atom is -0.444 e. The summed E-state index contributed by atoms with van der Waals surface area (Å²) in [6.45, 7) is 6.67. The monoisotopic (exact) mass is 489 g/mol. The molecule has 2 aromatic heterocycles. The molecule has 182 valence electrons. The summed E-state index contributed by atoms with van der Waals surface area (Å²) in [4.78, 5) is 17.5. The van der Waals surface area contributed by atoms with Gasteiger partial charge in [-0.25, -0.2) is 21.6 Å². The number of benzene rings is 1. The van der Waals surface area contributed by atoms with Crippen molar-refractivity contribution in [1.82, 2.24) is 13.9 Å². The standard InChI is InChI=1S/C24H28FN3O5S/c1-16(29)19-9-6-10-20(22(19)25)21-12-17(14-27(5)23(30)33-24(2,3)4)15-28(21)34(31,32)18-8-7-11-26-13-18/h6-13,15-16,29H,14H2,1-5H3. The summed E-state index contributed by atoms with van der Waals surface area (Å²) in [5, 5.41) is 9.93. The van der Waals surface area contributed by atoms with Crippen LogP contribution in [0, 0.1) is 5.82 Å². The number of aliphatic hydroxyl groups excluding tert-OH is 1. The summed E-state index contributed by atoms with van der Waals surface area (Å²) in [6, 6.07) is 8.79. The number of aromatic nitrogens is 2. The zero-order chi connectivity index (χ0) is 25.3. The average molecular weight is 490 g/mol. The first-order chi connectivity index (χ1) is 15.8. The Hall–Kier alpha value is -3.24. The number of hydrogen-bond donors (Lipinski definition) is 1. The SMILES string of the molecule is CC(O)c1cccc(-c2cc(CN(C)C(=O)OC(C)(C)C)cn2S(=O)(=O)c2cccnc2)c1F. The molecule has 1 aromatic carbocycles. The van der Waals surface area contributed by atoms with Gasteiger partial charge >= 0.3 is 6.09 Å². The third-order valence-electron chi connectivity index (χ3n) is 4.91. The van der Waals surface area contributed by atoms with Crippen LogP contribution in [0.1, 0.15) is 44.9 Å². The van der Waals surface area contributed by atoms with Crippen LogP contribution < -0.4 is 0 Å². The number of aliphatic hydroxyl groups is 1. The van der Waals surface area contributed by atoms with Crippen LogP contribution in [-0.4, -0.2) is 46.1 Å². The van der Waals surface area contributed by atoms with Gasteiger partial charge in [0.25, 0.3) is 10.0 Å². The number of hydrogen-bond acceptors (Lipinski definition) is 6. The molecule has 1 amide bonds. The van der Waals surface area contributed by atoms with E-state index in [9.17, 15) is 18.3 Å². The summed E-state index contributed by atoms with van der Waals surface area (Å²) in [5.41, 5.74) is -0.168. The minimum atomic E-state index is -4.14. The Labute approximate surface area is 198 Å². The molecule has 8 nitrogen and oxygen atoms in total. The number of amides is 1. The molecule has 0 aliphatic rings. The van der Waals surface area contributed by atoms with Crippen molar-refractivity contribution in [2.45, 2.75) is 50.8 Å². The molecule has 1 unspecified atom stereocenters. The van der Waals surface area contributed by atoms with Crippen molar-refractivity contribution in [2.24, 2.45) is 0 Å². The fourth-order valence-electron chi connectivity index (χ4n) is 3.34. The van der Waals surface area contributed by atoms with Crippen LogP contribution in [0.2, 0.25) is 0 Å². The minimum absolute atomic E-state index is 0.00274. The second-order valence-corrected chi connectivity index (χ2v) is 10.8. The predicted octanol–water partition coefficient (Wildman–Crippen LogP) is 4.35. The first kappa shape index (κ1) is 25.4. The van der Waals surface area contributed by atoms with Gasteiger partial charge in [0.1, 0.15) is 16.3 Å². The van der Waals surface area contributed by atoms with Gasteiger partial charge in [-0.05, 0) is 57.5 Å². The van der Waals surface area contributed by atoms with Crippen molar-refractivity contribution in [1.29, 1.82) is 0 Å². The van der Waals surface area contributed by atoms with Gasteiger partial charge in [0.2, 0.25) is 0 Å². The summed E-state index contributed by atoms with van der Waals surface area (Å²) in [6.07, 6.45) is 2.32. The van der Waals surface area contributed by atoms with Crippen LogP contribution in [0.15, 0.2) is 59.9 Å². The van der Waals surface area contributed by atoms with Crippen molar-refractivity contribution < 1.29 is 27.4 Å². The molecule has 0 radical (unpaired) electrons. The van der Waals surface area contributed by atoms with Gasteiger partial charge in [-0.15, -0.1) is 0 Å². The van der Waals surface area contributed by atoms with Gasteiger partial charge in [0.15, 0.2) is 0 Å². The largest absolute Gasteiger partial charge is 0.444 e. The van der Waals surface area contributed by atoms with Gasteiger partial charge in [-0.1, -0.05) is 12.1 Å². The number of carbonyl (C=O) groups excluding carboxylic acids is 1. The summed E-state index contributed by atoms with van der Waals surface area (Å²) in [7, 11) is -2.62. The first-order valence-corrected chi connectivity index (χ1v) is 12.0. The van der Waals surface area contributed by atoms with Crippen LogP contribution in [0.3, 0.4) is 0 Å². The van der Waals surface area contributed by atoms with Crippen molar-refractivity contribution in [3.8, 4) is 11.3 Å². The van der Waals surface area contributed by atoms with Gasteiger partial charge in [0, 0.05) is 36.8 Å². The number of pyridine rings is 1. The number of rotatable bonds is 6. The molecule has 1 N–H and O–H groups in total. The van der Waals surface area contributed by atoms with Crippen LogP contribution in [-0.2, 0) is 21.3 Å².